The Bertz CT molecular complexity index is 574. The molecule has 86 valence electrons. The van der Waals surface area contributed by atoms with E-state index >= 15 is 0 Å². The molecular weight excluding hydrogens is 242 g/mol. The third-order valence-corrected chi connectivity index (χ3v) is 2.31. The maximum absolute atomic E-state index is 8.71. The molecule has 2 aromatic rings. The molecule has 0 fully saturated rings. The van der Waals surface area contributed by atoms with Crippen LogP contribution in [0.1, 0.15) is 17.3 Å². The van der Waals surface area contributed by atoms with Gasteiger partial charge in [0.1, 0.15) is 11.8 Å². The van der Waals surface area contributed by atoms with Crippen LogP contribution in [0.2, 0.25) is 5.02 Å². The molecule has 0 saturated carbocycles. The molecule has 0 aliphatic carbocycles. The Labute approximate surface area is 103 Å². The summed E-state index contributed by atoms with van der Waals surface area (Å²) in [7, 11) is 0. The standard InChI is InChI=1S/C11H8ClN3O2/c1-7-14-11(17-15-7)6-16-9-3-2-8(5-13)10(12)4-9/h2-4H,6H2,1H3. The van der Waals surface area contributed by atoms with E-state index in [9.17, 15) is 0 Å². The minimum Gasteiger partial charge on any atom is -0.484 e. The molecule has 1 heterocycles. The van der Waals surface area contributed by atoms with Crippen LogP contribution in [0.3, 0.4) is 0 Å². The van der Waals surface area contributed by atoms with E-state index in [1.807, 2.05) is 6.07 Å². The third-order valence-electron chi connectivity index (χ3n) is 1.99. The van der Waals surface area contributed by atoms with E-state index in [0.717, 1.165) is 0 Å². The lowest BCUT2D eigenvalue weighted by molar-refractivity contribution is 0.242. The Kier molecular flexibility index (Phi) is 3.26. The van der Waals surface area contributed by atoms with E-state index in [2.05, 4.69) is 10.1 Å². The van der Waals surface area contributed by atoms with E-state index in [1.54, 1.807) is 25.1 Å². The summed E-state index contributed by atoms with van der Waals surface area (Å²) in [5, 5.41) is 12.7. The fourth-order valence-electron chi connectivity index (χ4n) is 1.22. The van der Waals surface area contributed by atoms with Crippen molar-refractivity contribution in [2.75, 3.05) is 0 Å². The minimum atomic E-state index is 0.170. The van der Waals surface area contributed by atoms with Crippen molar-refractivity contribution in [1.82, 2.24) is 10.1 Å². The van der Waals surface area contributed by atoms with Crippen molar-refractivity contribution >= 4 is 11.6 Å². The Morgan fingerprint density at radius 3 is 2.94 bits per heavy atom. The van der Waals surface area contributed by atoms with E-state index in [0.29, 0.717) is 28.1 Å². The van der Waals surface area contributed by atoms with Crippen molar-refractivity contribution in [3.8, 4) is 11.8 Å². The second-order valence-electron chi connectivity index (χ2n) is 3.28. The van der Waals surface area contributed by atoms with Crippen LogP contribution in [0.15, 0.2) is 22.7 Å². The normalized spacial score (nSPS) is 9.94. The van der Waals surface area contributed by atoms with Gasteiger partial charge in [0.25, 0.3) is 5.89 Å². The fourth-order valence-corrected chi connectivity index (χ4v) is 1.43. The lowest BCUT2D eigenvalue weighted by Crippen LogP contribution is -1.96. The number of hydrogen-bond acceptors (Lipinski definition) is 5. The summed E-state index contributed by atoms with van der Waals surface area (Å²) >= 11 is 5.86. The molecule has 17 heavy (non-hydrogen) atoms. The van der Waals surface area contributed by atoms with Crippen molar-refractivity contribution < 1.29 is 9.26 Å². The Morgan fingerprint density at radius 2 is 2.35 bits per heavy atom. The van der Waals surface area contributed by atoms with E-state index in [-0.39, 0.29) is 6.61 Å². The number of halogens is 1. The van der Waals surface area contributed by atoms with Crippen molar-refractivity contribution in [2.45, 2.75) is 13.5 Å². The zero-order valence-corrected chi connectivity index (χ0v) is 9.73. The first-order valence-electron chi connectivity index (χ1n) is 4.80. The van der Waals surface area contributed by atoms with E-state index < -0.39 is 0 Å². The molecule has 0 radical (unpaired) electrons. The number of aromatic nitrogens is 2. The number of nitrogens with zero attached hydrogens (tertiary/aromatic N) is 3. The summed E-state index contributed by atoms with van der Waals surface area (Å²) in [4.78, 5) is 3.99. The van der Waals surface area contributed by atoms with Crippen molar-refractivity contribution in [3.05, 3.63) is 40.5 Å². The number of benzene rings is 1. The predicted octanol–water partition coefficient (Wildman–Crippen LogP) is 2.48. The van der Waals surface area contributed by atoms with Gasteiger partial charge in [0.05, 0.1) is 10.6 Å². The zero-order chi connectivity index (χ0) is 12.3. The molecule has 5 nitrogen and oxygen atoms in total. The molecule has 1 aromatic carbocycles. The smallest absolute Gasteiger partial charge is 0.264 e. The van der Waals surface area contributed by atoms with E-state index in [1.165, 1.54) is 0 Å². The van der Waals surface area contributed by atoms with Crippen LogP contribution in [0.25, 0.3) is 0 Å². The van der Waals surface area contributed by atoms with Gasteiger partial charge in [0.15, 0.2) is 12.4 Å². The summed E-state index contributed by atoms with van der Waals surface area (Å²) in [6, 6.07) is 6.80. The first-order chi connectivity index (χ1) is 8.19. The molecule has 0 saturated heterocycles. The summed E-state index contributed by atoms with van der Waals surface area (Å²) < 4.78 is 10.3. The van der Waals surface area contributed by atoms with Crippen molar-refractivity contribution in [1.29, 1.82) is 5.26 Å². The Hall–Kier alpha value is -2.06. The maximum atomic E-state index is 8.71. The second kappa shape index (κ2) is 4.85. The highest BCUT2D eigenvalue weighted by Crippen LogP contribution is 2.22. The van der Waals surface area contributed by atoms with Gasteiger partial charge in [-0.2, -0.15) is 10.2 Å². The van der Waals surface area contributed by atoms with Crippen LogP contribution >= 0.6 is 11.6 Å². The van der Waals surface area contributed by atoms with Crippen molar-refractivity contribution in [2.24, 2.45) is 0 Å². The molecule has 0 unspecified atom stereocenters. The summed E-state index contributed by atoms with van der Waals surface area (Å²) in [5.74, 6) is 1.49. The van der Waals surface area contributed by atoms with Crippen LogP contribution in [-0.4, -0.2) is 10.1 Å². The predicted molar refractivity (Wildman–Crippen MR) is 59.5 cm³/mol. The highest BCUT2D eigenvalue weighted by atomic mass is 35.5. The monoisotopic (exact) mass is 249 g/mol. The maximum Gasteiger partial charge on any atom is 0.264 e. The Morgan fingerprint density at radius 1 is 1.53 bits per heavy atom. The largest absolute Gasteiger partial charge is 0.484 e. The quantitative estimate of drug-likeness (QED) is 0.836. The molecule has 0 aliphatic rings. The van der Waals surface area contributed by atoms with Crippen LogP contribution < -0.4 is 4.74 Å². The van der Waals surface area contributed by atoms with Gasteiger partial charge >= 0.3 is 0 Å². The molecule has 1 aromatic heterocycles. The molecule has 0 amide bonds. The van der Waals surface area contributed by atoms with Gasteiger partial charge in [0.2, 0.25) is 0 Å². The zero-order valence-electron chi connectivity index (χ0n) is 8.98. The lowest BCUT2D eigenvalue weighted by Gasteiger charge is -2.03. The van der Waals surface area contributed by atoms with Crippen LogP contribution in [0.4, 0.5) is 0 Å². The molecular formula is C11H8ClN3O2. The van der Waals surface area contributed by atoms with Gasteiger partial charge < -0.3 is 9.26 Å². The lowest BCUT2D eigenvalue weighted by atomic mass is 10.2. The average Bonchev–Trinajstić information content (AvgIpc) is 2.73. The van der Waals surface area contributed by atoms with Crippen LogP contribution in [0.5, 0.6) is 5.75 Å². The summed E-state index contributed by atoms with van der Waals surface area (Å²) in [6.45, 7) is 1.90. The number of hydrogen-bond donors (Lipinski definition) is 0. The first-order valence-corrected chi connectivity index (χ1v) is 5.18. The number of ether oxygens (including phenoxy) is 1. The van der Waals surface area contributed by atoms with Crippen LogP contribution in [0, 0.1) is 18.3 Å². The molecule has 0 aliphatic heterocycles. The molecule has 2 rings (SSSR count). The molecule has 0 atom stereocenters. The summed E-state index contributed by atoms with van der Waals surface area (Å²) in [5.41, 5.74) is 0.410. The van der Waals surface area contributed by atoms with Gasteiger partial charge in [-0.05, 0) is 19.1 Å². The van der Waals surface area contributed by atoms with Gasteiger partial charge in [-0.15, -0.1) is 0 Å². The summed E-state index contributed by atoms with van der Waals surface area (Å²) in [6.07, 6.45) is 0. The molecule has 0 spiro atoms. The van der Waals surface area contributed by atoms with Gasteiger partial charge in [-0.3, -0.25) is 0 Å². The van der Waals surface area contributed by atoms with Gasteiger partial charge in [-0.1, -0.05) is 16.8 Å². The highest BCUT2D eigenvalue weighted by Gasteiger charge is 2.05. The van der Waals surface area contributed by atoms with Crippen LogP contribution in [-0.2, 0) is 6.61 Å². The number of nitriles is 1. The highest BCUT2D eigenvalue weighted by molar-refractivity contribution is 6.31. The number of rotatable bonds is 3. The molecule has 0 N–H and O–H groups in total. The average molecular weight is 250 g/mol. The fraction of sp³-hybridized carbons (Fsp3) is 0.182. The SMILES string of the molecule is Cc1noc(COc2ccc(C#N)c(Cl)c2)n1. The first kappa shape index (κ1) is 11.4. The molecule has 6 heteroatoms. The topological polar surface area (TPSA) is 71.9 Å². The number of aryl methyl sites for hydroxylation is 1. The second-order valence-corrected chi connectivity index (χ2v) is 3.68. The van der Waals surface area contributed by atoms with E-state index in [4.69, 9.17) is 26.1 Å². The molecule has 0 bridgehead atoms. The minimum absolute atomic E-state index is 0.170. The third kappa shape index (κ3) is 2.74. The van der Waals surface area contributed by atoms with Gasteiger partial charge in [-0.25, -0.2) is 0 Å². The Balaban J connectivity index is 2.05. The van der Waals surface area contributed by atoms with Crippen molar-refractivity contribution in [3.63, 3.8) is 0 Å². The van der Waals surface area contributed by atoms with Gasteiger partial charge in [0, 0.05) is 6.07 Å².